The molecule has 0 aliphatic carbocycles. The lowest BCUT2D eigenvalue weighted by atomic mass is 10.0. The summed E-state index contributed by atoms with van der Waals surface area (Å²) in [5, 5.41) is 15.3. The molecule has 0 aliphatic heterocycles. The summed E-state index contributed by atoms with van der Waals surface area (Å²) in [5.41, 5.74) is 0.758. The van der Waals surface area contributed by atoms with E-state index in [0.717, 1.165) is 15.2 Å². The molecule has 0 saturated carbocycles. The standard InChI is InChI=1S/C18H13BrN2O4/c1-25-17-10-11(21(23)24)8-9-16(17)20-18(22)14-6-2-5-13-12(14)4-3-7-15(13)19/h2-10H,1H3,(H,20,22). The highest BCUT2D eigenvalue weighted by molar-refractivity contribution is 9.10. The molecule has 3 aromatic carbocycles. The largest absolute Gasteiger partial charge is 0.494 e. The van der Waals surface area contributed by atoms with Gasteiger partial charge in [0.15, 0.2) is 0 Å². The first kappa shape index (κ1) is 16.9. The molecule has 0 radical (unpaired) electrons. The molecule has 0 atom stereocenters. The summed E-state index contributed by atoms with van der Waals surface area (Å²) in [6.45, 7) is 0. The highest BCUT2D eigenvalue weighted by Crippen LogP contribution is 2.31. The molecule has 3 aromatic rings. The van der Waals surface area contributed by atoms with Gasteiger partial charge < -0.3 is 10.1 Å². The van der Waals surface area contributed by atoms with Crippen molar-refractivity contribution in [3.05, 3.63) is 74.7 Å². The molecule has 0 saturated heterocycles. The van der Waals surface area contributed by atoms with Gasteiger partial charge in [-0.05, 0) is 29.0 Å². The van der Waals surface area contributed by atoms with Crippen molar-refractivity contribution in [2.45, 2.75) is 0 Å². The van der Waals surface area contributed by atoms with Gasteiger partial charge in [0, 0.05) is 16.1 Å². The van der Waals surface area contributed by atoms with Crippen molar-refractivity contribution in [2.24, 2.45) is 0 Å². The van der Waals surface area contributed by atoms with Gasteiger partial charge >= 0.3 is 0 Å². The zero-order valence-corrected chi connectivity index (χ0v) is 14.7. The number of non-ortho nitro benzene ring substituents is 1. The van der Waals surface area contributed by atoms with E-state index in [-0.39, 0.29) is 17.3 Å². The lowest BCUT2D eigenvalue weighted by Crippen LogP contribution is -2.13. The SMILES string of the molecule is COc1cc([N+](=O)[O-])ccc1NC(=O)c1cccc2c(Br)cccc12. The number of fused-ring (bicyclic) bond motifs is 1. The number of methoxy groups -OCH3 is 1. The summed E-state index contributed by atoms with van der Waals surface area (Å²) in [6.07, 6.45) is 0. The van der Waals surface area contributed by atoms with Gasteiger partial charge in [0.2, 0.25) is 0 Å². The number of benzene rings is 3. The van der Waals surface area contributed by atoms with Crippen molar-refractivity contribution in [2.75, 3.05) is 12.4 Å². The normalized spacial score (nSPS) is 10.5. The van der Waals surface area contributed by atoms with E-state index in [9.17, 15) is 14.9 Å². The van der Waals surface area contributed by atoms with Crippen LogP contribution in [0.3, 0.4) is 0 Å². The van der Waals surface area contributed by atoms with Gasteiger partial charge in [0.1, 0.15) is 5.75 Å². The minimum absolute atomic E-state index is 0.107. The van der Waals surface area contributed by atoms with Gasteiger partial charge in [0.25, 0.3) is 11.6 Å². The van der Waals surface area contributed by atoms with E-state index in [1.165, 1.54) is 25.3 Å². The predicted octanol–water partition coefficient (Wildman–Crippen LogP) is 4.77. The molecule has 0 aromatic heterocycles. The van der Waals surface area contributed by atoms with Crippen molar-refractivity contribution in [1.29, 1.82) is 0 Å². The van der Waals surface area contributed by atoms with E-state index in [1.807, 2.05) is 24.3 Å². The third-order valence-electron chi connectivity index (χ3n) is 3.76. The van der Waals surface area contributed by atoms with Gasteiger partial charge in [-0.15, -0.1) is 0 Å². The van der Waals surface area contributed by atoms with E-state index in [0.29, 0.717) is 11.3 Å². The number of hydrogen-bond acceptors (Lipinski definition) is 4. The number of ether oxygens (including phenoxy) is 1. The third kappa shape index (κ3) is 3.32. The molecule has 7 heteroatoms. The molecular weight excluding hydrogens is 388 g/mol. The first-order valence-electron chi connectivity index (χ1n) is 7.32. The Morgan fingerprint density at radius 3 is 2.56 bits per heavy atom. The molecule has 6 nitrogen and oxygen atoms in total. The summed E-state index contributed by atoms with van der Waals surface area (Å²) in [7, 11) is 1.39. The second-order valence-electron chi connectivity index (χ2n) is 5.24. The van der Waals surface area contributed by atoms with Crippen molar-refractivity contribution < 1.29 is 14.5 Å². The predicted molar refractivity (Wildman–Crippen MR) is 99.2 cm³/mol. The highest BCUT2D eigenvalue weighted by Gasteiger charge is 2.16. The minimum atomic E-state index is -0.518. The van der Waals surface area contributed by atoms with Gasteiger partial charge in [-0.2, -0.15) is 0 Å². The van der Waals surface area contributed by atoms with Crippen LogP contribution >= 0.6 is 15.9 Å². The van der Waals surface area contributed by atoms with Gasteiger partial charge in [-0.1, -0.05) is 40.2 Å². The lowest BCUT2D eigenvalue weighted by Gasteiger charge is -2.12. The Morgan fingerprint density at radius 1 is 1.12 bits per heavy atom. The average Bonchev–Trinajstić information content (AvgIpc) is 2.61. The van der Waals surface area contributed by atoms with Crippen molar-refractivity contribution >= 4 is 44.0 Å². The van der Waals surface area contributed by atoms with Crippen LogP contribution in [0.4, 0.5) is 11.4 Å². The summed E-state index contributed by atoms with van der Waals surface area (Å²) in [5.74, 6) is -0.0974. The number of anilines is 1. The molecule has 0 spiro atoms. The molecule has 0 fully saturated rings. The minimum Gasteiger partial charge on any atom is -0.494 e. The Hall–Kier alpha value is -2.93. The fourth-order valence-corrected chi connectivity index (χ4v) is 3.05. The van der Waals surface area contributed by atoms with Crippen LogP contribution in [-0.4, -0.2) is 17.9 Å². The molecule has 0 aliphatic rings. The molecule has 1 amide bonds. The fraction of sp³-hybridized carbons (Fsp3) is 0.0556. The summed E-state index contributed by atoms with van der Waals surface area (Å²) in [6, 6.07) is 15.1. The number of nitrogens with zero attached hydrogens (tertiary/aromatic N) is 1. The van der Waals surface area contributed by atoms with Crippen LogP contribution in [0.25, 0.3) is 10.8 Å². The van der Waals surface area contributed by atoms with Crippen LogP contribution < -0.4 is 10.1 Å². The van der Waals surface area contributed by atoms with Crippen LogP contribution in [0.15, 0.2) is 59.1 Å². The van der Waals surface area contributed by atoms with Crippen LogP contribution in [-0.2, 0) is 0 Å². The van der Waals surface area contributed by atoms with Crippen molar-refractivity contribution in [3.8, 4) is 5.75 Å². The Bertz CT molecular complexity index is 988. The first-order valence-corrected chi connectivity index (χ1v) is 8.11. The van der Waals surface area contributed by atoms with E-state index in [1.54, 1.807) is 12.1 Å². The van der Waals surface area contributed by atoms with Gasteiger partial charge in [0.05, 0.1) is 23.8 Å². The second-order valence-corrected chi connectivity index (χ2v) is 6.09. The fourth-order valence-electron chi connectivity index (χ4n) is 2.56. The Labute approximate surface area is 151 Å². The molecular formula is C18H13BrN2O4. The number of nitro benzene ring substituents is 1. The molecule has 25 heavy (non-hydrogen) atoms. The number of rotatable bonds is 4. The smallest absolute Gasteiger partial charge is 0.273 e. The third-order valence-corrected chi connectivity index (χ3v) is 4.45. The number of carbonyl (C=O) groups is 1. The van der Waals surface area contributed by atoms with Crippen LogP contribution in [0, 0.1) is 10.1 Å². The molecule has 0 bridgehead atoms. The van der Waals surface area contributed by atoms with Gasteiger partial charge in [-0.3, -0.25) is 14.9 Å². The maximum absolute atomic E-state index is 12.7. The molecule has 0 heterocycles. The maximum atomic E-state index is 12.7. The molecule has 1 N–H and O–H groups in total. The van der Waals surface area contributed by atoms with E-state index < -0.39 is 4.92 Å². The summed E-state index contributed by atoms with van der Waals surface area (Å²) >= 11 is 3.48. The summed E-state index contributed by atoms with van der Waals surface area (Å²) in [4.78, 5) is 23.1. The van der Waals surface area contributed by atoms with Crippen LogP contribution in [0.1, 0.15) is 10.4 Å². The number of halogens is 1. The Balaban J connectivity index is 1.98. The highest BCUT2D eigenvalue weighted by atomic mass is 79.9. The Morgan fingerprint density at radius 2 is 1.84 bits per heavy atom. The molecule has 0 unspecified atom stereocenters. The number of nitrogens with one attached hydrogen (secondary N) is 1. The number of nitro groups is 1. The van der Waals surface area contributed by atoms with E-state index >= 15 is 0 Å². The first-order chi connectivity index (χ1) is 12.0. The average molecular weight is 401 g/mol. The lowest BCUT2D eigenvalue weighted by molar-refractivity contribution is -0.384. The monoisotopic (exact) mass is 400 g/mol. The van der Waals surface area contributed by atoms with Crippen LogP contribution in [0.5, 0.6) is 5.75 Å². The number of hydrogen-bond donors (Lipinski definition) is 1. The Kier molecular flexibility index (Phi) is 4.67. The zero-order chi connectivity index (χ0) is 18.0. The molecule has 126 valence electrons. The van der Waals surface area contributed by atoms with Crippen LogP contribution in [0.2, 0.25) is 0 Å². The summed E-state index contributed by atoms with van der Waals surface area (Å²) < 4.78 is 6.05. The van der Waals surface area contributed by atoms with Crippen molar-refractivity contribution in [1.82, 2.24) is 0 Å². The van der Waals surface area contributed by atoms with E-state index in [4.69, 9.17) is 4.74 Å². The quantitative estimate of drug-likeness (QED) is 0.504. The van der Waals surface area contributed by atoms with Gasteiger partial charge in [-0.25, -0.2) is 0 Å². The van der Waals surface area contributed by atoms with Crippen molar-refractivity contribution in [3.63, 3.8) is 0 Å². The number of amides is 1. The maximum Gasteiger partial charge on any atom is 0.273 e. The zero-order valence-electron chi connectivity index (χ0n) is 13.2. The number of carbonyl (C=O) groups excluding carboxylic acids is 1. The van der Waals surface area contributed by atoms with E-state index in [2.05, 4.69) is 21.2 Å². The molecule has 3 rings (SSSR count). The second kappa shape index (κ2) is 6.90. The topological polar surface area (TPSA) is 81.5 Å².